The largest absolute Gasteiger partial charge is 0.495 e. The minimum atomic E-state index is -0.882. The second-order valence-electron chi connectivity index (χ2n) is 5.61. The average molecular weight is 310 g/mol. The molecule has 6 heteroatoms. The van der Waals surface area contributed by atoms with E-state index in [0.717, 1.165) is 12.8 Å². The molecule has 1 aromatic carbocycles. The molecule has 2 aliphatic carbocycles. The lowest BCUT2D eigenvalue weighted by atomic mass is 9.46. The van der Waals surface area contributed by atoms with Gasteiger partial charge in [-0.1, -0.05) is 17.7 Å². The maximum absolute atomic E-state index is 12.4. The van der Waals surface area contributed by atoms with Crippen molar-refractivity contribution < 1.29 is 19.4 Å². The number of hydrogen-bond donors (Lipinski definition) is 2. The summed E-state index contributed by atoms with van der Waals surface area (Å²) >= 11 is 6.14. The van der Waals surface area contributed by atoms with Crippen LogP contribution in [0, 0.1) is 23.7 Å². The highest BCUT2D eigenvalue weighted by atomic mass is 35.5. The number of fused-ring (bicyclic) bond motifs is 1. The predicted molar refractivity (Wildman–Crippen MR) is 77.5 cm³/mol. The van der Waals surface area contributed by atoms with E-state index in [1.165, 1.54) is 7.11 Å². The minimum Gasteiger partial charge on any atom is -0.495 e. The summed E-state index contributed by atoms with van der Waals surface area (Å²) < 4.78 is 5.10. The van der Waals surface area contributed by atoms with E-state index in [1.54, 1.807) is 18.2 Å². The van der Waals surface area contributed by atoms with Crippen LogP contribution in [0.3, 0.4) is 0 Å². The fourth-order valence-electron chi connectivity index (χ4n) is 3.51. The molecule has 0 bridgehead atoms. The minimum absolute atomic E-state index is 0.166. The predicted octanol–water partition coefficient (Wildman–Crippen LogP) is 2.64. The van der Waals surface area contributed by atoms with Crippen LogP contribution in [0.5, 0.6) is 5.75 Å². The Balaban J connectivity index is 1.76. The third-order valence-electron chi connectivity index (χ3n) is 4.72. The zero-order valence-electron chi connectivity index (χ0n) is 11.5. The Kier molecular flexibility index (Phi) is 3.53. The van der Waals surface area contributed by atoms with Crippen molar-refractivity contribution in [3.05, 3.63) is 23.2 Å². The molecule has 0 aromatic heterocycles. The van der Waals surface area contributed by atoms with Crippen LogP contribution in [0.2, 0.25) is 5.02 Å². The number of rotatable bonds is 4. The molecule has 2 aliphatic rings. The molecule has 0 unspecified atom stereocenters. The lowest BCUT2D eigenvalue weighted by molar-refractivity contribution is -0.176. The van der Waals surface area contributed by atoms with Gasteiger partial charge < -0.3 is 15.2 Å². The smallest absolute Gasteiger partial charge is 0.307 e. The van der Waals surface area contributed by atoms with Gasteiger partial charge in [0.05, 0.1) is 24.6 Å². The van der Waals surface area contributed by atoms with E-state index in [-0.39, 0.29) is 17.7 Å². The Hall–Kier alpha value is -1.75. The molecular weight excluding hydrogens is 294 g/mol. The number of hydrogen-bond acceptors (Lipinski definition) is 3. The van der Waals surface area contributed by atoms with E-state index in [4.69, 9.17) is 16.3 Å². The molecular formula is C15H16ClNO4. The lowest BCUT2D eigenvalue weighted by Crippen LogP contribution is -2.60. The zero-order valence-corrected chi connectivity index (χ0v) is 12.3. The molecule has 2 fully saturated rings. The molecule has 0 radical (unpaired) electrons. The van der Waals surface area contributed by atoms with E-state index in [0.29, 0.717) is 16.5 Å². The molecule has 21 heavy (non-hydrogen) atoms. The lowest BCUT2D eigenvalue weighted by Gasteiger charge is -2.56. The van der Waals surface area contributed by atoms with Crippen molar-refractivity contribution >= 4 is 29.2 Å². The summed E-state index contributed by atoms with van der Waals surface area (Å²) in [5.74, 6) is -1.32. The molecule has 4 atom stereocenters. The topological polar surface area (TPSA) is 75.6 Å². The summed E-state index contributed by atoms with van der Waals surface area (Å²) in [6, 6.07) is 5.10. The number of aliphatic carboxylic acids is 1. The van der Waals surface area contributed by atoms with Crippen molar-refractivity contribution in [3.8, 4) is 5.75 Å². The van der Waals surface area contributed by atoms with E-state index in [9.17, 15) is 14.7 Å². The van der Waals surface area contributed by atoms with Gasteiger partial charge in [0.15, 0.2) is 0 Å². The van der Waals surface area contributed by atoms with Crippen molar-refractivity contribution in [1.29, 1.82) is 0 Å². The zero-order chi connectivity index (χ0) is 15.1. The summed E-state index contributed by atoms with van der Waals surface area (Å²) in [6.45, 7) is 0. The molecule has 2 saturated carbocycles. The van der Waals surface area contributed by atoms with Crippen LogP contribution in [0.25, 0.3) is 0 Å². The summed E-state index contributed by atoms with van der Waals surface area (Å²) in [6.07, 6.45) is 1.84. The van der Waals surface area contributed by atoms with Gasteiger partial charge in [-0.3, -0.25) is 9.59 Å². The van der Waals surface area contributed by atoms with Crippen molar-refractivity contribution in [3.63, 3.8) is 0 Å². The highest BCUT2D eigenvalue weighted by molar-refractivity contribution is 6.35. The summed E-state index contributed by atoms with van der Waals surface area (Å²) in [7, 11) is 1.50. The number of carbonyl (C=O) groups is 2. The highest BCUT2D eigenvalue weighted by Crippen LogP contribution is 2.58. The Bertz CT molecular complexity index is 603. The SMILES string of the molecule is COc1cccc(NC(=O)[C@H]2[C@@H]3CC[C@@H]3[C@H]2C(=O)O)c1Cl. The Labute approximate surface area is 127 Å². The van der Waals surface area contributed by atoms with Crippen molar-refractivity contribution in [2.75, 3.05) is 12.4 Å². The number of amides is 1. The second kappa shape index (κ2) is 5.22. The molecule has 5 nitrogen and oxygen atoms in total. The number of methoxy groups -OCH3 is 1. The molecule has 0 spiro atoms. The van der Waals surface area contributed by atoms with Crippen LogP contribution in [0.1, 0.15) is 12.8 Å². The first-order chi connectivity index (χ1) is 10.0. The Morgan fingerprint density at radius 1 is 1.29 bits per heavy atom. The number of anilines is 1. The van der Waals surface area contributed by atoms with Gasteiger partial charge in [0.25, 0.3) is 0 Å². The van der Waals surface area contributed by atoms with Gasteiger partial charge in [-0.05, 0) is 36.8 Å². The van der Waals surface area contributed by atoms with Crippen LogP contribution in [-0.4, -0.2) is 24.1 Å². The number of carbonyl (C=O) groups excluding carboxylic acids is 1. The molecule has 1 amide bonds. The first-order valence-electron chi connectivity index (χ1n) is 6.90. The fourth-order valence-corrected chi connectivity index (χ4v) is 3.76. The quantitative estimate of drug-likeness (QED) is 0.896. The van der Waals surface area contributed by atoms with Crippen LogP contribution in [0.15, 0.2) is 18.2 Å². The number of halogens is 1. The van der Waals surface area contributed by atoms with Crippen molar-refractivity contribution in [1.82, 2.24) is 0 Å². The van der Waals surface area contributed by atoms with Crippen LogP contribution >= 0.6 is 11.6 Å². The van der Waals surface area contributed by atoms with Gasteiger partial charge in [-0.15, -0.1) is 0 Å². The Morgan fingerprint density at radius 3 is 2.52 bits per heavy atom. The van der Waals surface area contributed by atoms with Gasteiger partial charge in [-0.25, -0.2) is 0 Å². The standard InChI is InChI=1S/C15H16ClNO4/c1-21-10-4-2-3-9(13(10)16)17-14(18)11-7-5-6-8(7)12(11)15(19)20/h2-4,7-8,11-12H,5-6H2,1H3,(H,17,18)(H,19,20)/t7-,8+,11+,12-/m1/s1. The molecule has 3 rings (SSSR count). The first kappa shape index (κ1) is 14.2. The molecule has 0 heterocycles. The molecule has 1 aromatic rings. The molecule has 112 valence electrons. The van der Waals surface area contributed by atoms with Gasteiger partial charge >= 0.3 is 5.97 Å². The van der Waals surface area contributed by atoms with Crippen LogP contribution in [-0.2, 0) is 9.59 Å². The average Bonchev–Trinajstić information content (AvgIpc) is 2.42. The van der Waals surface area contributed by atoms with Crippen LogP contribution < -0.4 is 10.1 Å². The van der Waals surface area contributed by atoms with Crippen LogP contribution in [0.4, 0.5) is 5.69 Å². The number of nitrogens with one attached hydrogen (secondary N) is 1. The maximum Gasteiger partial charge on any atom is 0.307 e. The Morgan fingerprint density at radius 2 is 1.95 bits per heavy atom. The summed E-state index contributed by atoms with van der Waals surface area (Å²) in [4.78, 5) is 23.7. The number of benzene rings is 1. The second-order valence-corrected chi connectivity index (χ2v) is 5.98. The van der Waals surface area contributed by atoms with Crippen molar-refractivity contribution in [2.24, 2.45) is 23.7 Å². The fraction of sp³-hybridized carbons (Fsp3) is 0.467. The number of ether oxygens (including phenoxy) is 1. The summed E-state index contributed by atoms with van der Waals surface area (Å²) in [5, 5.41) is 12.3. The third-order valence-corrected chi connectivity index (χ3v) is 5.11. The van der Waals surface area contributed by atoms with Gasteiger partial charge in [0.2, 0.25) is 5.91 Å². The van der Waals surface area contributed by atoms with Gasteiger partial charge in [-0.2, -0.15) is 0 Å². The van der Waals surface area contributed by atoms with E-state index < -0.39 is 17.8 Å². The van der Waals surface area contributed by atoms with Gasteiger partial charge in [0.1, 0.15) is 10.8 Å². The third kappa shape index (κ3) is 2.16. The number of carboxylic acid groups (broad SMARTS) is 1. The first-order valence-corrected chi connectivity index (χ1v) is 7.28. The number of carboxylic acids is 1. The monoisotopic (exact) mass is 309 g/mol. The van der Waals surface area contributed by atoms with E-state index >= 15 is 0 Å². The van der Waals surface area contributed by atoms with Gasteiger partial charge in [0, 0.05) is 0 Å². The molecule has 0 aliphatic heterocycles. The van der Waals surface area contributed by atoms with E-state index in [1.807, 2.05) is 0 Å². The molecule has 2 N–H and O–H groups in total. The highest BCUT2D eigenvalue weighted by Gasteiger charge is 2.61. The molecule has 0 saturated heterocycles. The normalized spacial score (nSPS) is 29.6. The maximum atomic E-state index is 12.4. The summed E-state index contributed by atoms with van der Waals surface area (Å²) in [5.41, 5.74) is 0.452. The van der Waals surface area contributed by atoms with E-state index in [2.05, 4.69) is 5.32 Å². The van der Waals surface area contributed by atoms with Crippen molar-refractivity contribution in [2.45, 2.75) is 12.8 Å².